The van der Waals surface area contributed by atoms with E-state index < -0.39 is 4.92 Å². The van der Waals surface area contributed by atoms with E-state index in [1.54, 1.807) is 13.2 Å². The predicted octanol–water partition coefficient (Wildman–Crippen LogP) is 1.70. The largest absolute Gasteiger partial charge is 0.497 e. The number of fused-ring (bicyclic) bond motifs is 1. The molecule has 1 aromatic heterocycles. The Kier molecular flexibility index (Phi) is 4.15. The van der Waals surface area contributed by atoms with Gasteiger partial charge in [0, 0.05) is 37.9 Å². The minimum Gasteiger partial charge on any atom is -0.497 e. The predicted molar refractivity (Wildman–Crippen MR) is 97.0 cm³/mol. The first-order valence-corrected chi connectivity index (χ1v) is 8.39. The number of anilines is 2. The number of nitro benzene ring substituents is 1. The average molecular weight is 371 g/mol. The standard InChI is InChI=1S/C17H17N5O5/c1-26-13-4-2-12(3-5-13)19-8-10-20(11-9-19)15-7-6-14(21(23)24)16-17(15)22(25)27-18-16/h2-7H,8-11H2,1H3. The van der Waals surface area contributed by atoms with Crippen molar-refractivity contribution in [3.63, 3.8) is 0 Å². The van der Waals surface area contributed by atoms with Crippen molar-refractivity contribution < 1.29 is 19.2 Å². The van der Waals surface area contributed by atoms with Crippen molar-refractivity contribution in [1.29, 1.82) is 0 Å². The maximum atomic E-state index is 12.0. The molecule has 2 aromatic carbocycles. The topological polar surface area (TPSA) is 112 Å². The van der Waals surface area contributed by atoms with Crippen LogP contribution in [0.4, 0.5) is 17.1 Å². The van der Waals surface area contributed by atoms with Crippen LogP contribution in [0, 0.1) is 15.3 Å². The minimum absolute atomic E-state index is 0.0370. The third-order valence-corrected chi connectivity index (χ3v) is 4.75. The molecule has 3 aromatic rings. The molecule has 0 atom stereocenters. The quantitative estimate of drug-likeness (QED) is 0.387. The van der Waals surface area contributed by atoms with Gasteiger partial charge in [-0.05, 0) is 35.2 Å². The first-order valence-electron chi connectivity index (χ1n) is 8.39. The highest BCUT2D eigenvalue weighted by Gasteiger charge is 2.29. The number of methoxy groups -OCH3 is 1. The molecule has 0 amide bonds. The summed E-state index contributed by atoms with van der Waals surface area (Å²) in [6.07, 6.45) is 0. The number of nitro groups is 1. The van der Waals surface area contributed by atoms with E-state index >= 15 is 0 Å². The van der Waals surface area contributed by atoms with Crippen LogP contribution in [0.25, 0.3) is 11.0 Å². The van der Waals surface area contributed by atoms with Crippen molar-refractivity contribution in [2.75, 3.05) is 43.1 Å². The van der Waals surface area contributed by atoms with Gasteiger partial charge in [0.05, 0.1) is 22.9 Å². The van der Waals surface area contributed by atoms with E-state index in [4.69, 9.17) is 4.74 Å². The molecule has 1 aliphatic heterocycles. The zero-order valence-electron chi connectivity index (χ0n) is 14.6. The van der Waals surface area contributed by atoms with Crippen molar-refractivity contribution >= 4 is 28.1 Å². The summed E-state index contributed by atoms with van der Waals surface area (Å²) in [4.78, 5) is 15.0. The van der Waals surface area contributed by atoms with Gasteiger partial charge in [-0.25, -0.2) is 0 Å². The SMILES string of the molecule is COc1ccc(N2CCN(c3ccc([N+](=O)[O-])c4no[n+]([O-])c34)CC2)cc1. The van der Waals surface area contributed by atoms with Crippen molar-refractivity contribution in [2.24, 2.45) is 0 Å². The Morgan fingerprint density at radius 1 is 1.11 bits per heavy atom. The van der Waals surface area contributed by atoms with Gasteiger partial charge in [0.2, 0.25) is 0 Å². The van der Waals surface area contributed by atoms with Crippen LogP contribution in [0.2, 0.25) is 0 Å². The molecule has 1 fully saturated rings. The molecule has 2 heterocycles. The molecule has 10 heteroatoms. The van der Waals surface area contributed by atoms with Crippen LogP contribution in [-0.4, -0.2) is 43.4 Å². The molecule has 10 nitrogen and oxygen atoms in total. The second-order valence-corrected chi connectivity index (χ2v) is 6.16. The lowest BCUT2D eigenvalue weighted by molar-refractivity contribution is -0.782. The van der Waals surface area contributed by atoms with Crippen molar-refractivity contribution in [2.45, 2.75) is 0 Å². The van der Waals surface area contributed by atoms with Gasteiger partial charge in [-0.1, -0.05) is 0 Å². The van der Waals surface area contributed by atoms with Crippen molar-refractivity contribution in [1.82, 2.24) is 5.16 Å². The summed E-state index contributed by atoms with van der Waals surface area (Å²) in [6.45, 7) is 2.80. The maximum Gasteiger partial charge on any atom is 0.327 e. The van der Waals surface area contributed by atoms with E-state index in [1.165, 1.54) is 6.07 Å². The van der Waals surface area contributed by atoms with E-state index in [2.05, 4.69) is 14.7 Å². The van der Waals surface area contributed by atoms with Crippen LogP contribution in [0.1, 0.15) is 0 Å². The highest BCUT2D eigenvalue weighted by Crippen LogP contribution is 2.31. The maximum absolute atomic E-state index is 12.0. The van der Waals surface area contributed by atoms with Gasteiger partial charge >= 0.3 is 11.2 Å². The fourth-order valence-corrected chi connectivity index (χ4v) is 3.35. The number of ether oxygens (including phenoxy) is 1. The number of non-ortho nitro benzene ring substituents is 1. The summed E-state index contributed by atoms with van der Waals surface area (Å²) in [6, 6.07) is 10.8. The fraction of sp³-hybridized carbons (Fsp3) is 0.294. The van der Waals surface area contributed by atoms with Crippen molar-refractivity contribution in [3.05, 3.63) is 51.7 Å². The van der Waals surface area contributed by atoms with E-state index in [1.807, 2.05) is 29.2 Å². The summed E-state index contributed by atoms with van der Waals surface area (Å²) in [7, 11) is 1.63. The third-order valence-electron chi connectivity index (χ3n) is 4.75. The van der Waals surface area contributed by atoms with E-state index in [0.29, 0.717) is 18.8 Å². The molecule has 0 N–H and O–H groups in total. The van der Waals surface area contributed by atoms with E-state index in [0.717, 1.165) is 24.5 Å². The monoisotopic (exact) mass is 371 g/mol. The molecule has 0 radical (unpaired) electrons. The molecule has 0 aliphatic carbocycles. The second kappa shape index (κ2) is 6.63. The molecular weight excluding hydrogens is 354 g/mol. The smallest absolute Gasteiger partial charge is 0.327 e. The molecule has 0 bridgehead atoms. The Morgan fingerprint density at radius 3 is 2.41 bits per heavy atom. The van der Waals surface area contributed by atoms with Crippen LogP contribution in [0.15, 0.2) is 41.0 Å². The molecule has 0 spiro atoms. The summed E-state index contributed by atoms with van der Waals surface area (Å²) in [5.41, 5.74) is 1.48. The van der Waals surface area contributed by atoms with Gasteiger partial charge in [-0.15, -0.1) is 0 Å². The third kappa shape index (κ3) is 2.94. The summed E-state index contributed by atoms with van der Waals surface area (Å²) >= 11 is 0. The normalized spacial score (nSPS) is 14.6. The summed E-state index contributed by atoms with van der Waals surface area (Å²) < 4.78 is 9.79. The lowest BCUT2D eigenvalue weighted by atomic mass is 10.2. The molecule has 1 aliphatic rings. The molecule has 0 saturated carbocycles. The van der Waals surface area contributed by atoms with Gasteiger partial charge in [0.15, 0.2) is 0 Å². The summed E-state index contributed by atoms with van der Waals surface area (Å²) in [5, 5.41) is 26.7. The zero-order chi connectivity index (χ0) is 19.0. The van der Waals surface area contributed by atoms with Crippen molar-refractivity contribution in [3.8, 4) is 5.75 Å². The van der Waals surface area contributed by atoms with Gasteiger partial charge in [-0.3, -0.25) is 14.7 Å². The number of hydrogen-bond donors (Lipinski definition) is 0. The van der Waals surface area contributed by atoms with Gasteiger partial charge < -0.3 is 19.7 Å². The first-order chi connectivity index (χ1) is 13.1. The van der Waals surface area contributed by atoms with Crippen LogP contribution in [0.3, 0.4) is 0 Å². The Balaban J connectivity index is 1.57. The summed E-state index contributed by atoms with van der Waals surface area (Å²) in [5.74, 6) is 0.804. The van der Waals surface area contributed by atoms with E-state index in [9.17, 15) is 15.3 Å². The Bertz CT molecular complexity index is 979. The fourth-order valence-electron chi connectivity index (χ4n) is 3.35. The first kappa shape index (κ1) is 16.9. The Labute approximate surface area is 153 Å². The number of aromatic nitrogens is 2. The second-order valence-electron chi connectivity index (χ2n) is 6.16. The molecular formula is C17H17N5O5. The molecule has 1 saturated heterocycles. The lowest BCUT2D eigenvalue weighted by Gasteiger charge is -2.37. The van der Waals surface area contributed by atoms with Crippen LogP contribution in [-0.2, 0) is 0 Å². The van der Waals surface area contributed by atoms with Gasteiger partial charge in [0.1, 0.15) is 5.75 Å². The van der Waals surface area contributed by atoms with Crippen LogP contribution >= 0.6 is 0 Å². The molecule has 0 unspecified atom stereocenters. The number of benzene rings is 2. The van der Waals surface area contributed by atoms with Crippen LogP contribution in [0.5, 0.6) is 5.75 Å². The number of hydrogen-bond acceptors (Lipinski definition) is 8. The zero-order valence-corrected chi connectivity index (χ0v) is 14.6. The van der Waals surface area contributed by atoms with Crippen LogP contribution < -0.4 is 19.4 Å². The number of rotatable bonds is 4. The Hall–Kier alpha value is -3.56. The number of piperazine rings is 1. The highest BCUT2D eigenvalue weighted by molar-refractivity contribution is 5.91. The van der Waals surface area contributed by atoms with Gasteiger partial charge in [-0.2, -0.15) is 0 Å². The number of nitrogens with zero attached hydrogens (tertiary/aromatic N) is 5. The average Bonchev–Trinajstić information content (AvgIpc) is 3.09. The van der Waals surface area contributed by atoms with Gasteiger partial charge in [0.25, 0.3) is 5.52 Å². The molecule has 27 heavy (non-hydrogen) atoms. The Morgan fingerprint density at radius 2 is 1.78 bits per heavy atom. The minimum atomic E-state index is -0.573. The molecule has 140 valence electrons. The van der Waals surface area contributed by atoms with E-state index in [-0.39, 0.29) is 21.6 Å². The highest BCUT2D eigenvalue weighted by atomic mass is 16.8. The lowest BCUT2D eigenvalue weighted by Crippen LogP contribution is -2.47. The molecule has 4 rings (SSSR count).